The van der Waals surface area contributed by atoms with Crippen molar-refractivity contribution in [2.75, 3.05) is 13.1 Å². The van der Waals surface area contributed by atoms with Crippen LogP contribution in [0.2, 0.25) is 5.02 Å². The molecule has 0 aromatic heterocycles. The molecule has 0 spiro atoms. The van der Waals surface area contributed by atoms with Gasteiger partial charge in [-0.25, -0.2) is 0 Å². The Morgan fingerprint density at radius 3 is 2.56 bits per heavy atom. The van der Waals surface area contributed by atoms with E-state index in [4.69, 9.17) is 16.3 Å². The minimum absolute atomic E-state index is 0.0744. The van der Waals surface area contributed by atoms with Gasteiger partial charge in [-0.3, -0.25) is 9.59 Å². The minimum atomic E-state index is -0.750. The van der Waals surface area contributed by atoms with E-state index in [2.05, 4.69) is 21.2 Å². The summed E-state index contributed by atoms with van der Waals surface area (Å²) >= 11 is 9.24. The molecule has 27 heavy (non-hydrogen) atoms. The SMILES string of the molecule is CCN(Cc1ccccc1)C(=O)CNC(=O)C(C)Oc1ccc(Cl)cc1Br. The quantitative estimate of drug-likeness (QED) is 0.656. The Bertz CT molecular complexity index is 786. The van der Waals surface area contributed by atoms with Crippen molar-refractivity contribution in [3.05, 3.63) is 63.6 Å². The molecule has 0 saturated carbocycles. The van der Waals surface area contributed by atoms with Crippen molar-refractivity contribution in [2.24, 2.45) is 0 Å². The largest absolute Gasteiger partial charge is 0.480 e. The average Bonchev–Trinajstić information content (AvgIpc) is 2.66. The topological polar surface area (TPSA) is 58.6 Å². The van der Waals surface area contributed by atoms with Crippen molar-refractivity contribution in [2.45, 2.75) is 26.5 Å². The van der Waals surface area contributed by atoms with Crippen molar-refractivity contribution in [3.63, 3.8) is 0 Å². The average molecular weight is 454 g/mol. The number of amides is 2. The summed E-state index contributed by atoms with van der Waals surface area (Å²) in [5, 5.41) is 3.20. The van der Waals surface area contributed by atoms with Gasteiger partial charge in [0.1, 0.15) is 5.75 Å². The summed E-state index contributed by atoms with van der Waals surface area (Å²) in [7, 11) is 0. The van der Waals surface area contributed by atoms with Crippen LogP contribution in [-0.4, -0.2) is 35.9 Å². The summed E-state index contributed by atoms with van der Waals surface area (Å²) in [5.41, 5.74) is 1.04. The lowest BCUT2D eigenvalue weighted by atomic mass is 10.2. The maximum Gasteiger partial charge on any atom is 0.261 e. The lowest BCUT2D eigenvalue weighted by Crippen LogP contribution is -2.43. The van der Waals surface area contributed by atoms with Crippen LogP contribution in [0.3, 0.4) is 0 Å². The Labute approximate surface area is 172 Å². The summed E-state index contributed by atoms with van der Waals surface area (Å²) in [6.45, 7) is 4.53. The van der Waals surface area contributed by atoms with Crippen LogP contribution in [0.1, 0.15) is 19.4 Å². The van der Waals surface area contributed by atoms with Crippen molar-refractivity contribution in [3.8, 4) is 5.75 Å². The van der Waals surface area contributed by atoms with Gasteiger partial charge in [-0.1, -0.05) is 41.9 Å². The van der Waals surface area contributed by atoms with E-state index < -0.39 is 6.10 Å². The van der Waals surface area contributed by atoms with Crippen LogP contribution in [0.15, 0.2) is 53.0 Å². The molecule has 1 N–H and O–H groups in total. The second-order valence-corrected chi connectivity index (χ2v) is 7.24. The van der Waals surface area contributed by atoms with Crippen LogP contribution in [0.5, 0.6) is 5.75 Å². The highest BCUT2D eigenvalue weighted by Gasteiger charge is 2.19. The van der Waals surface area contributed by atoms with E-state index in [1.165, 1.54) is 0 Å². The smallest absolute Gasteiger partial charge is 0.261 e. The standard InChI is InChI=1S/C20H22BrClN2O3/c1-3-24(13-15-7-5-4-6-8-15)19(25)12-23-20(26)14(2)27-18-10-9-16(22)11-17(18)21/h4-11,14H,3,12-13H2,1-2H3,(H,23,26). The van der Waals surface area contributed by atoms with Gasteiger partial charge in [0.15, 0.2) is 6.10 Å². The molecular weight excluding hydrogens is 432 g/mol. The van der Waals surface area contributed by atoms with E-state index in [1.54, 1.807) is 30.0 Å². The first-order valence-electron chi connectivity index (χ1n) is 8.61. The van der Waals surface area contributed by atoms with E-state index in [9.17, 15) is 9.59 Å². The van der Waals surface area contributed by atoms with Gasteiger partial charge in [-0.2, -0.15) is 0 Å². The van der Waals surface area contributed by atoms with E-state index in [-0.39, 0.29) is 18.4 Å². The molecule has 1 unspecified atom stereocenters. The number of benzene rings is 2. The molecule has 5 nitrogen and oxygen atoms in total. The number of hydrogen-bond donors (Lipinski definition) is 1. The maximum atomic E-state index is 12.4. The zero-order valence-electron chi connectivity index (χ0n) is 15.2. The molecule has 2 aromatic rings. The van der Waals surface area contributed by atoms with Crippen LogP contribution >= 0.6 is 27.5 Å². The number of rotatable bonds is 8. The van der Waals surface area contributed by atoms with Crippen molar-refractivity contribution >= 4 is 39.3 Å². The molecule has 0 aliphatic rings. The highest BCUT2D eigenvalue weighted by Crippen LogP contribution is 2.28. The van der Waals surface area contributed by atoms with Gasteiger partial charge in [0, 0.05) is 18.1 Å². The Hall–Kier alpha value is -2.05. The lowest BCUT2D eigenvalue weighted by Gasteiger charge is -2.22. The molecule has 2 aromatic carbocycles. The van der Waals surface area contributed by atoms with E-state index >= 15 is 0 Å². The lowest BCUT2D eigenvalue weighted by molar-refractivity contribution is -0.135. The molecule has 0 saturated heterocycles. The monoisotopic (exact) mass is 452 g/mol. The number of likely N-dealkylation sites (N-methyl/N-ethyl adjacent to an activating group) is 1. The number of halogens is 2. The Morgan fingerprint density at radius 1 is 1.22 bits per heavy atom. The molecule has 0 radical (unpaired) electrons. The number of hydrogen-bond acceptors (Lipinski definition) is 3. The second-order valence-electron chi connectivity index (χ2n) is 5.95. The van der Waals surface area contributed by atoms with E-state index in [1.807, 2.05) is 37.3 Å². The number of ether oxygens (including phenoxy) is 1. The molecule has 2 rings (SSSR count). The van der Waals surface area contributed by atoms with Gasteiger partial charge in [0.05, 0.1) is 11.0 Å². The molecule has 0 aliphatic carbocycles. The summed E-state index contributed by atoms with van der Waals surface area (Å²) in [5.74, 6) is 0.00294. The molecule has 0 heterocycles. The number of nitrogens with zero attached hydrogens (tertiary/aromatic N) is 1. The van der Waals surface area contributed by atoms with E-state index in [0.717, 1.165) is 5.56 Å². The third-order valence-electron chi connectivity index (χ3n) is 3.93. The predicted octanol–water partition coefficient (Wildman–Crippen LogP) is 4.03. The third kappa shape index (κ3) is 6.56. The molecule has 1 atom stereocenters. The normalized spacial score (nSPS) is 11.6. The molecule has 2 amide bonds. The van der Waals surface area contributed by atoms with Gasteiger partial charge >= 0.3 is 0 Å². The number of carbonyl (C=O) groups excluding carboxylic acids is 2. The first-order valence-corrected chi connectivity index (χ1v) is 9.79. The van der Waals surface area contributed by atoms with Crippen LogP contribution in [0.25, 0.3) is 0 Å². The fraction of sp³-hybridized carbons (Fsp3) is 0.300. The highest BCUT2D eigenvalue weighted by molar-refractivity contribution is 9.10. The first-order chi connectivity index (χ1) is 12.9. The van der Waals surface area contributed by atoms with Gasteiger partial charge in [0.2, 0.25) is 5.91 Å². The fourth-order valence-electron chi connectivity index (χ4n) is 2.41. The molecular formula is C20H22BrClN2O3. The van der Waals surface area contributed by atoms with Gasteiger partial charge in [0.25, 0.3) is 5.91 Å². The molecule has 0 bridgehead atoms. The molecule has 7 heteroatoms. The van der Waals surface area contributed by atoms with Crippen LogP contribution in [0.4, 0.5) is 0 Å². The van der Waals surface area contributed by atoms with Crippen molar-refractivity contribution in [1.82, 2.24) is 10.2 Å². The molecule has 144 valence electrons. The minimum Gasteiger partial charge on any atom is -0.480 e. The summed E-state index contributed by atoms with van der Waals surface area (Å²) < 4.78 is 6.29. The zero-order valence-corrected chi connectivity index (χ0v) is 17.6. The molecule has 0 fully saturated rings. The van der Waals surface area contributed by atoms with Gasteiger partial charge in [-0.15, -0.1) is 0 Å². The number of carbonyl (C=O) groups is 2. The Kier molecular flexibility index (Phi) is 8.13. The Morgan fingerprint density at radius 2 is 1.93 bits per heavy atom. The fourth-order valence-corrected chi connectivity index (χ4v) is 3.19. The maximum absolute atomic E-state index is 12.4. The van der Waals surface area contributed by atoms with Gasteiger partial charge in [-0.05, 0) is 53.5 Å². The van der Waals surface area contributed by atoms with Crippen LogP contribution in [-0.2, 0) is 16.1 Å². The second kappa shape index (κ2) is 10.3. The highest BCUT2D eigenvalue weighted by atomic mass is 79.9. The zero-order chi connectivity index (χ0) is 19.8. The van der Waals surface area contributed by atoms with E-state index in [0.29, 0.717) is 28.3 Å². The predicted molar refractivity (Wildman–Crippen MR) is 110 cm³/mol. The van der Waals surface area contributed by atoms with Gasteiger partial charge < -0.3 is 15.0 Å². The summed E-state index contributed by atoms with van der Waals surface area (Å²) in [6.07, 6.45) is -0.750. The Balaban J connectivity index is 1.86. The molecule has 0 aliphatic heterocycles. The summed E-state index contributed by atoms with van der Waals surface area (Å²) in [6, 6.07) is 14.8. The first kappa shape index (κ1) is 21.3. The van der Waals surface area contributed by atoms with Crippen LogP contribution in [0, 0.1) is 0 Å². The van der Waals surface area contributed by atoms with Crippen LogP contribution < -0.4 is 10.1 Å². The summed E-state index contributed by atoms with van der Waals surface area (Å²) in [4.78, 5) is 26.3. The number of nitrogens with one attached hydrogen (secondary N) is 1. The van der Waals surface area contributed by atoms with Crippen molar-refractivity contribution < 1.29 is 14.3 Å². The third-order valence-corrected chi connectivity index (χ3v) is 4.79. The van der Waals surface area contributed by atoms with Crippen molar-refractivity contribution in [1.29, 1.82) is 0 Å².